The summed E-state index contributed by atoms with van der Waals surface area (Å²) < 4.78 is 11.6. The van der Waals surface area contributed by atoms with Crippen LogP contribution in [0.2, 0.25) is 0 Å². The number of hydrogen-bond donors (Lipinski definition) is 2. The zero-order valence-electron chi connectivity index (χ0n) is 23.4. The molecule has 37 heavy (non-hydrogen) atoms. The number of nitrogens with zero attached hydrogens (tertiary/aromatic N) is 2. The van der Waals surface area contributed by atoms with Crippen molar-refractivity contribution >= 4 is 23.2 Å². The average molecular weight is 509 g/mol. The molecule has 1 amide bonds. The summed E-state index contributed by atoms with van der Waals surface area (Å²) in [5.41, 5.74) is 4.59. The van der Waals surface area contributed by atoms with Gasteiger partial charge in [-0.05, 0) is 49.1 Å². The number of methoxy groups -OCH3 is 1. The number of carbonyl (C=O) groups excluding carboxylic acids is 2. The molecule has 200 valence electrons. The molecule has 0 spiro atoms. The van der Waals surface area contributed by atoms with E-state index in [0.29, 0.717) is 24.5 Å². The molecule has 2 N–H and O–H groups in total. The molecule has 1 aliphatic heterocycles. The number of ether oxygens (including phenoxy) is 2. The normalized spacial score (nSPS) is 12.9. The smallest absolute Gasteiger partial charge is 0.224 e. The number of carbonyl (C=O) groups is 2. The molecule has 1 aliphatic rings. The van der Waals surface area contributed by atoms with E-state index in [2.05, 4.69) is 37.9 Å². The van der Waals surface area contributed by atoms with E-state index >= 15 is 0 Å². The first-order valence-corrected chi connectivity index (χ1v) is 12.7. The standard InChI is InChI=1S/C29H40N4O4/c1-9-32(7)23-13-18(12-22(27(23)36-8)29(3,4)5)24(34)17-33-16-20-14-25(37-10-2)19(15-26(35)31-6)11-21(20)28(33)30/h11-14,30H,9-10,15-17H2,1-8H3,(H,31,35). The summed E-state index contributed by atoms with van der Waals surface area (Å²) in [4.78, 5) is 29.5. The summed E-state index contributed by atoms with van der Waals surface area (Å²) in [6.07, 6.45) is 0.167. The Bertz CT molecular complexity index is 1200. The number of nitrogens with one attached hydrogen (secondary N) is 2. The van der Waals surface area contributed by atoms with Gasteiger partial charge in [0.25, 0.3) is 0 Å². The van der Waals surface area contributed by atoms with E-state index in [1.807, 2.05) is 38.2 Å². The number of likely N-dealkylation sites (N-methyl/N-ethyl adjacent to an activating group) is 1. The molecule has 0 aromatic heterocycles. The number of Topliss-reactive ketones (excluding diaryl/α,β-unsaturated/α-hetero) is 1. The van der Waals surface area contributed by atoms with Gasteiger partial charge < -0.3 is 24.6 Å². The van der Waals surface area contributed by atoms with Gasteiger partial charge in [-0.3, -0.25) is 15.0 Å². The molecule has 2 aromatic carbocycles. The van der Waals surface area contributed by atoms with Crippen molar-refractivity contribution in [1.82, 2.24) is 10.2 Å². The Hall–Kier alpha value is -3.55. The van der Waals surface area contributed by atoms with Gasteiger partial charge in [-0.15, -0.1) is 0 Å². The van der Waals surface area contributed by atoms with Crippen LogP contribution in [-0.2, 0) is 23.2 Å². The number of hydrogen-bond acceptors (Lipinski definition) is 6. The van der Waals surface area contributed by atoms with E-state index in [1.165, 1.54) is 0 Å². The van der Waals surface area contributed by atoms with Crippen LogP contribution in [0.1, 0.15) is 67.2 Å². The third-order valence-corrected chi connectivity index (χ3v) is 6.77. The molecule has 0 saturated carbocycles. The lowest BCUT2D eigenvalue weighted by molar-refractivity contribution is -0.119. The lowest BCUT2D eigenvalue weighted by atomic mass is 9.84. The van der Waals surface area contributed by atoms with Crippen LogP contribution in [0, 0.1) is 5.41 Å². The first kappa shape index (κ1) is 28.0. The minimum atomic E-state index is -0.224. The Morgan fingerprint density at radius 1 is 1.16 bits per heavy atom. The molecule has 0 unspecified atom stereocenters. The fraction of sp³-hybridized carbons (Fsp3) is 0.483. The van der Waals surface area contributed by atoms with Gasteiger partial charge in [0, 0.05) is 49.4 Å². The van der Waals surface area contributed by atoms with Crippen molar-refractivity contribution < 1.29 is 19.1 Å². The maximum Gasteiger partial charge on any atom is 0.224 e. The van der Waals surface area contributed by atoms with Crippen LogP contribution < -0.4 is 19.7 Å². The highest BCUT2D eigenvalue weighted by Crippen LogP contribution is 2.40. The summed E-state index contributed by atoms with van der Waals surface area (Å²) in [7, 11) is 5.24. The second kappa shape index (κ2) is 11.2. The van der Waals surface area contributed by atoms with Crippen LogP contribution in [-0.4, -0.2) is 63.3 Å². The Morgan fingerprint density at radius 3 is 2.43 bits per heavy atom. The predicted molar refractivity (Wildman–Crippen MR) is 148 cm³/mol. The second-order valence-electron chi connectivity index (χ2n) is 10.4. The van der Waals surface area contributed by atoms with Crippen LogP contribution >= 0.6 is 0 Å². The monoisotopic (exact) mass is 508 g/mol. The Labute approximate surface area is 220 Å². The highest BCUT2D eigenvalue weighted by atomic mass is 16.5. The highest BCUT2D eigenvalue weighted by Gasteiger charge is 2.30. The third kappa shape index (κ3) is 5.89. The van der Waals surface area contributed by atoms with Crippen LogP contribution in [0.3, 0.4) is 0 Å². The van der Waals surface area contributed by atoms with E-state index in [9.17, 15) is 9.59 Å². The molecule has 2 aromatic rings. The van der Waals surface area contributed by atoms with Gasteiger partial charge in [-0.2, -0.15) is 0 Å². The Kier molecular flexibility index (Phi) is 8.51. The van der Waals surface area contributed by atoms with Crippen molar-refractivity contribution in [2.45, 2.75) is 53.0 Å². The number of amides is 1. The predicted octanol–water partition coefficient (Wildman–Crippen LogP) is 4.16. The molecule has 0 atom stereocenters. The quantitative estimate of drug-likeness (QED) is 0.468. The van der Waals surface area contributed by atoms with Gasteiger partial charge >= 0.3 is 0 Å². The topological polar surface area (TPSA) is 95.0 Å². The lowest BCUT2D eigenvalue weighted by Gasteiger charge is -2.28. The molecular weight excluding hydrogens is 468 g/mol. The minimum Gasteiger partial charge on any atom is -0.494 e. The Morgan fingerprint density at radius 2 is 1.86 bits per heavy atom. The lowest BCUT2D eigenvalue weighted by Crippen LogP contribution is -2.31. The molecular formula is C29H40N4O4. The zero-order valence-corrected chi connectivity index (χ0v) is 23.4. The summed E-state index contributed by atoms with van der Waals surface area (Å²) in [6, 6.07) is 7.56. The van der Waals surface area contributed by atoms with Crippen LogP contribution in [0.15, 0.2) is 24.3 Å². The van der Waals surface area contributed by atoms with Gasteiger partial charge in [0.05, 0.1) is 32.4 Å². The van der Waals surface area contributed by atoms with E-state index in [0.717, 1.165) is 40.2 Å². The molecule has 8 nitrogen and oxygen atoms in total. The average Bonchev–Trinajstić information content (AvgIpc) is 3.15. The molecule has 0 radical (unpaired) electrons. The molecule has 0 saturated heterocycles. The van der Waals surface area contributed by atoms with Crippen LogP contribution in [0.4, 0.5) is 5.69 Å². The largest absolute Gasteiger partial charge is 0.494 e. The molecule has 3 rings (SSSR count). The molecule has 0 bridgehead atoms. The van der Waals surface area contributed by atoms with Gasteiger partial charge in [0.15, 0.2) is 5.78 Å². The number of rotatable bonds is 10. The van der Waals surface area contributed by atoms with Gasteiger partial charge in [0.2, 0.25) is 5.91 Å². The van der Waals surface area contributed by atoms with E-state index in [4.69, 9.17) is 14.9 Å². The first-order chi connectivity index (χ1) is 17.4. The van der Waals surface area contributed by atoms with Crippen molar-refractivity contribution in [3.8, 4) is 11.5 Å². The van der Waals surface area contributed by atoms with Gasteiger partial charge in [0.1, 0.15) is 17.3 Å². The van der Waals surface area contributed by atoms with Crippen LogP contribution in [0.5, 0.6) is 11.5 Å². The van der Waals surface area contributed by atoms with E-state index < -0.39 is 0 Å². The highest BCUT2D eigenvalue weighted by molar-refractivity contribution is 6.06. The van der Waals surface area contributed by atoms with Gasteiger partial charge in [-0.25, -0.2) is 0 Å². The molecule has 0 aliphatic carbocycles. The summed E-state index contributed by atoms with van der Waals surface area (Å²) in [5.74, 6) is 1.51. The SMILES string of the molecule is CCOc1cc2c(cc1CC(=O)NC)C(=N)N(CC(=O)c1cc(N(C)CC)c(OC)c(C(C)(C)C)c1)C2. The number of ketones is 1. The fourth-order valence-electron chi connectivity index (χ4n) is 4.56. The maximum atomic E-state index is 13.6. The van der Waals surface area contributed by atoms with Crippen molar-refractivity contribution in [2.75, 3.05) is 45.8 Å². The van der Waals surface area contributed by atoms with Gasteiger partial charge in [-0.1, -0.05) is 20.8 Å². The second-order valence-corrected chi connectivity index (χ2v) is 10.4. The Balaban J connectivity index is 1.94. The summed E-state index contributed by atoms with van der Waals surface area (Å²) in [6.45, 7) is 12.0. The first-order valence-electron chi connectivity index (χ1n) is 12.7. The van der Waals surface area contributed by atoms with E-state index in [1.54, 1.807) is 19.1 Å². The van der Waals surface area contributed by atoms with Crippen molar-refractivity contribution in [2.24, 2.45) is 0 Å². The zero-order chi connectivity index (χ0) is 27.5. The number of anilines is 1. The third-order valence-electron chi connectivity index (χ3n) is 6.77. The molecule has 0 fully saturated rings. The van der Waals surface area contributed by atoms with E-state index in [-0.39, 0.29) is 35.9 Å². The minimum absolute atomic E-state index is 0.0629. The maximum absolute atomic E-state index is 13.6. The number of fused-ring (bicyclic) bond motifs is 1. The summed E-state index contributed by atoms with van der Waals surface area (Å²) in [5, 5.41) is 11.4. The molecule has 8 heteroatoms. The number of benzene rings is 2. The van der Waals surface area contributed by atoms with Crippen molar-refractivity contribution in [3.63, 3.8) is 0 Å². The van der Waals surface area contributed by atoms with Crippen LogP contribution in [0.25, 0.3) is 0 Å². The van der Waals surface area contributed by atoms with Crippen molar-refractivity contribution in [3.05, 3.63) is 52.1 Å². The van der Waals surface area contributed by atoms with Crippen molar-refractivity contribution in [1.29, 1.82) is 5.41 Å². The fourth-order valence-corrected chi connectivity index (χ4v) is 4.56. The molecule has 1 heterocycles. The number of amidine groups is 1. The summed E-state index contributed by atoms with van der Waals surface area (Å²) >= 11 is 0.